The molecule has 1 aromatic rings. The van der Waals surface area contributed by atoms with Crippen LogP contribution in [0.5, 0.6) is 0 Å². The molecular weight excluding hydrogens is 378 g/mol. The summed E-state index contributed by atoms with van der Waals surface area (Å²) in [4.78, 5) is 13.9. The largest absolute Gasteiger partial charge is 0.450 e. The first-order chi connectivity index (χ1) is 14.5. The van der Waals surface area contributed by atoms with Gasteiger partial charge in [0, 0.05) is 24.9 Å². The second-order valence-electron chi connectivity index (χ2n) is 7.49. The number of benzene rings is 1. The minimum Gasteiger partial charge on any atom is -0.450 e. The Morgan fingerprint density at radius 2 is 1.90 bits per heavy atom. The van der Waals surface area contributed by atoms with Crippen LogP contribution in [0.3, 0.4) is 0 Å². The minimum absolute atomic E-state index is 0.188. The third-order valence-corrected chi connectivity index (χ3v) is 6.06. The molecule has 7 nitrogen and oxygen atoms in total. The molecule has 0 bridgehead atoms. The van der Waals surface area contributed by atoms with Gasteiger partial charge in [-0.15, -0.1) is 0 Å². The second kappa shape index (κ2) is 8.39. The van der Waals surface area contributed by atoms with Crippen LogP contribution < -0.4 is 0 Å². The average molecular weight is 401 g/mol. The van der Waals surface area contributed by atoms with Crippen molar-refractivity contribution in [3.8, 4) is 18.2 Å². The molecule has 0 radical (unpaired) electrons. The van der Waals surface area contributed by atoms with Gasteiger partial charge < -0.3 is 15.0 Å². The van der Waals surface area contributed by atoms with E-state index >= 15 is 0 Å². The maximum absolute atomic E-state index is 12.4. The van der Waals surface area contributed by atoms with Gasteiger partial charge in [-0.3, -0.25) is 0 Å². The maximum atomic E-state index is 12.4. The Morgan fingerprint density at radius 3 is 2.43 bits per heavy atom. The molecule has 3 rings (SSSR count). The topological polar surface area (TPSA) is 125 Å². The van der Waals surface area contributed by atoms with E-state index in [1.54, 1.807) is 13.0 Å². The van der Waals surface area contributed by atoms with E-state index in [4.69, 9.17) is 10.1 Å². The number of nitrogens with zero attached hydrogens (tertiary/aromatic N) is 4. The number of nitrogens with one attached hydrogen (secondary N) is 1. The highest BCUT2D eigenvalue weighted by Crippen LogP contribution is 2.53. The first-order valence-corrected chi connectivity index (χ1v) is 9.98. The zero-order valence-corrected chi connectivity index (χ0v) is 17.1. The smallest absolute Gasteiger partial charge is 0.410 e. The van der Waals surface area contributed by atoms with Gasteiger partial charge in [0.25, 0.3) is 0 Å². The first-order valence-electron chi connectivity index (χ1n) is 9.98. The highest BCUT2D eigenvalue weighted by atomic mass is 16.6. The van der Waals surface area contributed by atoms with Gasteiger partial charge in [-0.1, -0.05) is 37.3 Å². The lowest BCUT2D eigenvalue weighted by atomic mass is 9.54. The van der Waals surface area contributed by atoms with Gasteiger partial charge in [-0.2, -0.15) is 15.8 Å². The second-order valence-corrected chi connectivity index (χ2v) is 7.49. The Hall–Kier alpha value is -3.63. The van der Waals surface area contributed by atoms with Gasteiger partial charge >= 0.3 is 6.09 Å². The summed E-state index contributed by atoms with van der Waals surface area (Å²) >= 11 is 0. The molecule has 2 aliphatic rings. The van der Waals surface area contributed by atoms with E-state index in [2.05, 4.69) is 18.2 Å². The number of aryl methyl sites for hydroxylation is 1. The molecular formula is C23H23N5O2. The molecule has 1 aliphatic heterocycles. The summed E-state index contributed by atoms with van der Waals surface area (Å²) in [6.45, 7) is 4.50. The number of carbonyl (C=O) groups excluding carboxylic acids is 1. The van der Waals surface area contributed by atoms with Crippen molar-refractivity contribution in [3.63, 3.8) is 0 Å². The van der Waals surface area contributed by atoms with Crippen LogP contribution in [-0.4, -0.2) is 36.4 Å². The normalized spacial score (nSPS) is 24.5. The van der Waals surface area contributed by atoms with Crippen molar-refractivity contribution in [2.75, 3.05) is 19.7 Å². The van der Waals surface area contributed by atoms with Crippen LogP contribution >= 0.6 is 0 Å². The molecule has 0 spiro atoms. The lowest BCUT2D eigenvalue weighted by Crippen LogP contribution is -2.53. The fraction of sp³-hybridized carbons (Fsp3) is 0.435. The summed E-state index contributed by atoms with van der Waals surface area (Å²) < 4.78 is 5.13. The molecule has 1 saturated carbocycles. The Balaban J connectivity index is 2.17. The summed E-state index contributed by atoms with van der Waals surface area (Å²) in [5, 5.41) is 38.5. The molecule has 0 saturated heterocycles. The van der Waals surface area contributed by atoms with Crippen molar-refractivity contribution in [1.82, 2.24) is 4.90 Å². The van der Waals surface area contributed by atoms with Gasteiger partial charge in [0.1, 0.15) is 5.92 Å². The Morgan fingerprint density at radius 1 is 1.23 bits per heavy atom. The van der Waals surface area contributed by atoms with Crippen molar-refractivity contribution >= 4 is 11.8 Å². The monoisotopic (exact) mass is 401 g/mol. The van der Waals surface area contributed by atoms with Gasteiger partial charge in [0.15, 0.2) is 5.41 Å². The molecule has 1 aromatic carbocycles. The number of nitriles is 3. The van der Waals surface area contributed by atoms with Crippen molar-refractivity contribution in [3.05, 3.63) is 47.0 Å². The van der Waals surface area contributed by atoms with Crippen LogP contribution in [0, 0.1) is 56.7 Å². The van der Waals surface area contributed by atoms with E-state index in [0.29, 0.717) is 5.57 Å². The Labute approximate surface area is 176 Å². The van der Waals surface area contributed by atoms with Crippen LogP contribution in [0.4, 0.5) is 4.79 Å². The molecule has 0 unspecified atom stereocenters. The quantitative estimate of drug-likeness (QED) is 0.775. The third-order valence-electron chi connectivity index (χ3n) is 6.06. The van der Waals surface area contributed by atoms with Gasteiger partial charge in [0.2, 0.25) is 0 Å². The molecule has 1 fully saturated rings. The Kier molecular flexibility index (Phi) is 5.90. The summed E-state index contributed by atoms with van der Waals surface area (Å²) in [7, 11) is 0. The molecule has 7 heteroatoms. The van der Waals surface area contributed by atoms with Crippen LogP contribution in [-0.2, 0) is 11.2 Å². The number of hydrogen-bond donors (Lipinski definition) is 1. The number of rotatable bonds is 3. The van der Waals surface area contributed by atoms with Gasteiger partial charge in [-0.25, -0.2) is 4.79 Å². The SMILES string of the molecule is CCOC(=O)N1CC=C2[C@H](C#N)C(=N)C(C#N)(C#N)[C@@H](c3ccc(CC)cc3)[C@@H]2C1. The number of ether oxygens (including phenoxy) is 1. The number of amides is 1. The summed E-state index contributed by atoms with van der Waals surface area (Å²) in [5.41, 5.74) is 0.596. The molecule has 3 atom stereocenters. The molecule has 30 heavy (non-hydrogen) atoms. The number of fused-ring (bicyclic) bond motifs is 1. The molecule has 1 amide bonds. The van der Waals surface area contributed by atoms with E-state index in [-0.39, 0.29) is 25.4 Å². The zero-order valence-electron chi connectivity index (χ0n) is 17.1. The average Bonchev–Trinajstić information content (AvgIpc) is 2.78. The van der Waals surface area contributed by atoms with Crippen molar-refractivity contribution in [1.29, 1.82) is 21.2 Å². The fourth-order valence-corrected chi connectivity index (χ4v) is 4.51. The minimum atomic E-state index is -1.78. The maximum Gasteiger partial charge on any atom is 0.410 e. The van der Waals surface area contributed by atoms with Crippen molar-refractivity contribution in [2.24, 2.45) is 17.3 Å². The zero-order chi connectivity index (χ0) is 21.9. The first kappa shape index (κ1) is 21.1. The molecule has 0 aromatic heterocycles. The fourth-order valence-electron chi connectivity index (χ4n) is 4.51. The lowest BCUT2D eigenvalue weighted by Gasteiger charge is -2.47. The highest BCUT2D eigenvalue weighted by Gasteiger charge is 2.58. The van der Waals surface area contributed by atoms with Crippen LogP contribution in [0.1, 0.15) is 30.9 Å². The molecule has 152 valence electrons. The molecule has 1 aliphatic carbocycles. The summed E-state index contributed by atoms with van der Waals surface area (Å²) in [5.74, 6) is -2.06. The predicted molar refractivity (Wildman–Crippen MR) is 109 cm³/mol. The van der Waals surface area contributed by atoms with E-state index in [0.717, 1.165) is 17.5 Å². The van der Waals surface area contributed by atoms with E-state index < -0.39 is 29.3 Å². The lowest BCUT2D eigenvalue weighted by molar-refractivity contribution is 0.0992. The number of carbonyl (C=O) groups is 1. The summed E-state index contributed by atoms with van der Waals surface area (Å²) in [6.07, 6.45) is 2.16. The molecule has 1 N–H and O–H groups in total. The van der Waals surface area contributed by atoms with Crippen LogP contribution in [0.15, 0.2) is 35.9 Å². The highest BCUT2D eigenvalue weighted by molar-refractivity contribution is 6.00. The van der Waals surface area contributed by atoms with E-state index in [1.165, 1.54) is 4.90 Å². The summed E-state index contributed by atoms with van der Waals surface area (Å²) in [6, 6.07) is 13.9. The van der Waals surface area contributed by atoms with Crippen LogP contribution in [0.25, 0.3) is 0 Å². The Bertz CT molecular complexity index is 992. The van der Waals surface area contributed by atoms with Gasteiger partial charge in [-0.05, 0) is 30.0 Å². The third kappa shape index (κ3) is 3.21. The van der Waals surface area contributed by atoms with E-state index in [9.17, 15) is 20.6 Å². The number of hydrogen-bond acceptors (Lipinski definition) is 6. The van der Waals surface area contributed by atoms with Gasteiger partial charge in [0.05, 0.1) is 30.5 Å². The van der Waals surface area contributed by atoms with Crippen LogP contribution in [0.2, 0.25) is 0 Å². The predicted octanol–water partition coefficient (Wildman–Crippen LogP) is 3.55. The van der Waals surface area contributed by atoms with Crippen molar-refractivity contribution < 1.29 is 9.53 Å². The van der Waals surface area contributed by atoms with E-state index in [1.807, 2.05) is 31.2 Å². The standard InChI is InChI=1S/C23H23N5O2/c1-3-15-5-7-16(8-6-15)20-19-12-28(22(29)30-4-2)10-9-17(19)18(11-24)21(27)23(20,13-25)14-26/h5-9,18-20,27H,3-4,10,12H2,1-2H3/t18-,19+,20-/m0/s1. The van der Waals surface area contributed by atoms with Crippen molar-refractivity contribution in [2.45, 2.75) is 26.2 Å². The molecule has 1 heterocycles.